The summed E-state index contributed by atoms with van der Waals surface area (Å²) in [7, 11) is 3.71. The van der Waals surface area contributed by atoms with Gasteiger partial charge in [-0.2, -0.15) is 0 Å². The van der Waals surface area contributed by atoms with Crippen LogP contribution in [-0.4, -0.2) is 75.8 Å². The number of nitrogens with zero attached hydrogens (tertiary/aromatic N) is 6. The Labute approximate surface area is 245 Å². The summed E-state index contributed by atoms with van der Waals surface area (Å²) in [4.78, 5) is 23.1. The smallest absolute Gasteiger partial charge is 0.225 e. The van der Waals surface area contributed by atoms with Crippen molar-refractivity contribution in [1.82, 2.24) is 25.3 Å². The van der Waals surface area contributed by atoms with Gasteiger partial charge in [0.15, 0.2) is 5.82 Å². The van der Waals surface area contributed by atoms with Gasteiger partial charge in [0.1, 0.15) is 30.0 Å². The molecule has 41 heavy (non-hydrogen) atoms. The number of aliphatic hydroxyl groups excluding tert-OH is 2. The zero-order valence-electron chi connectivity index (χ0n) is 24.3. The lowest BCUT2D eigenvalue weighted by atomic mass is 10.0. The highest BCUT2D eigenvalue weighted by Crippen LogP contribution is 2.37. The van der Waals surface area contributed by atoms with Crippen molar-refractivity contribution in [2.24, 2.45) is 0 Å². The third-order valence-corrected chi connectivity index (χ3v) is 7.24. The second-order valence-corrected chi connectivity index (χ2v) is 10.5. The first-order chi connectivity index (χ1) is 19.5. The third-order valence-electron chi connectivity index (χ3n) is 6.91. The van der Waals surface area contributed by atoms with Crippen molar-refractivity contribution < 1.29 is 14.9 Å². The van der Waals surface area contributed by atoms with Gasteiger partial charge in [-0.15, -0.1) is 0 Å². The molecule has 0 fully saturated rings. The van der Waals surface area contributed by atoms with Crippen molar-refractivity contribution in [2.45, 2.75) is 46.9 Å². The molecule has 0 aliphatic carbocycles. The van der Waals surface area contributed by atoms with Crippen molar-refractivity contribution in [3.05, 3.63) is 57.7 Å². The Morgan fingerprint density at radius 3 is 2.66 bits per heavy atom. The molecule has 0 bridgehead atoms. The van der Waals surface area contributed by atoms with Gasteiger partial charge in [0.2, 0.25) is 5.95 Å². The lowest BCUT2D eigenvalue weighted by molar-refractivity contribution is 0.108. The average molecular weight is 581 g/mol. The first kappa shape index (κ1) is 30.2. The van der Waals surface area contributed by atoms with Crippen molar-refractivity contribution >= 4 is 34.7 Å². The number of fused-ring (bicyclic) bond motifs is 1. The molecule has 0 amide bonds. The van der Waals surface area contributed by atoms with Crippen LogP contribution >= 0.6 is 11.6 Å². The molecule has 3 heterocycles. The van der Waals surface area contributed by atoms with Crippen LogP contribution in [0.25, 0.3) is 17.0 Å². The monoisotopic (exact) mass is 580 g/mol. The largest absolute Gasteiger partial charge is 0.512 e. The second kappa shape index (κ2) is 12.8. The van der Waals surface area contributed by atoms with Crippen LogP contribution in [0.4, 0.5) is 11.8 Å². The molecule has 0 saturated carbocycles. The zero-order valence-corrected chi connectivity index (χ0v) is 25.0. The number of benzene rings is 1. The number of rotatable bonds is 11. The molecular formula is C29H37ClN8O3. The summed E-state index contributed by atoms with van der Waals surface area (Å²) in [6.07, 6.45) is 1.18. The Balaban J connectivity index is 1.81. The molecule has 1 aromatic carbocycles. The molecule has 0 saturated heterocycles. The Kier molecular flexibility index (Phi) is 9.42. The summed E-state index contributed by atoms with van der Waals surface area (Å²) >= 11 is 6.65. The zero-order chi connectivity index (χ0) is 29.8. The van der Waals surface area contributed by atoms with Crippen LogP contribution in [0.15, 0.2) is 30.2 Å². The van der Waals surface area contributed by atoms with Crippen LogP contribution in [-0.2, 0) is 13.1 Å². The van der Waals surface area contributed by atoms with Crippen LogP contribution in [0.1, 0.15) is 43.3 Å². The Hall–Kier alpha value is -3.80. The number of hydrogen-bond donors (Lipinski definition) is 4. The molecule has 1 aliphatic heterocycles. The highest BCUT2D eigenvalue weighted by molar-refractivity contribution is 6.33. The average Bonchev–Trinajstić information content (AvgIpc) is 3.36. The van der Waals surface area contributed by atoms with Gasteiger partial charge in [-0.05, 0) is 52.9 Å². The summed E-state index contributed by atoms with van der Waals surface area (Å²) in [5, 5.41) is 32.3. The van der Waals surface area contributed by atoms with Gasteiger partial charge in [0, 0.05) is 55.3 Å². The molecule has 3 aromatic rings. The summed E-state index contributed by atoms with van der Waals surface area (Å²) in [5.74, 6) is 2.11. The summed E-state index contributed by atoms with van der Waals surface area (Å²) in [5.41, 5.74) is 4.11. The number of aromatic nitrogens is 4. The van der Waals surface area contributed by atoms with Crippen LogP contribution in [0.3, 0.4) is 0 Å². The van der Waals surface area contributed by atoms with E-state index in [2.05, 4.69) is 15.2 Å². The maximum Gasteiger partial charge on any atom is 0.225 e. The molecule has 11 nitrogen and oxygen atoms in total. The molecule has 1 aliphatic rings. The molecule has 0 unspecified atom stereocenters. The van der Waals surface area contributed by atoms with Gasteiger partial charge in [-0.25, -0.2) is 19.9 Å². The van der Waals surface area contributed by atoms with Crippen molar-refractivity contribution in [2.75, 3.05) is 43.6 Å². The molecule has 4 rings (SSSR count). The van der Waals surface area contributed by atoms with E-state index >= 15 is 0 Å². The maximum absolute atomic E-state index is 10.6. The van der Waals surface area contributed by atoms with E-state index in [9.17, 15) is 10.2 Å². The molecule has 4 N–H and O–H groups in total. The third kappa shape index (κ3) is 6.58. The van der Waals surface area contributed by atoms with E-state index < -0.39 is 6.10 Å². The minimum atomic E-state index is -0.679. The highest BCUT2D eigenvalue weighted by Gasteiger charge is 2.28. The normalized spacial score (nSPS) is 14.0. The predicted octanol–water partition coefficient (Wildman–Crippen LogP) is 4.16. The van der Waals surface area contributed by atoms with E-state index in [1.54, 1.807) is 39.1 Å². The molecule has 0 spiro atoms. The number of anilines is 2. The lowest BCUT2D eigenvalue weighted by Crippen LogP contribution is -2.29. The first-order valence-electron chi connectivity index (χ1n) is 13.4. The van der Waals surface area contributed by atoms with Crippen molar-refractivity contribution in [3.63, 3.8) is 0 Å². The standard InChI is InChI=1S/C29H37ClN8O3/c1-7-37(6)29-33-11-19-13-38(14-24(19)34-29)28-16(2)26(25(17(3)31)18(4)39)35-27(36-28)22-10-21(8-9-23(22)30)41-15-20(40)12-32-5/h8-11,20,31-32,39-40H,7,12-15H2,1-6H3/b25-18+,31-17?/t20-/m1/s1. The number of hydrogen-bond acceptors (Lipinski definition) is 11. The molecule has 0 radical (unpaired) electrons. The molecule has 12 heteroatoms. The quantitative estimate of drug-likeness (QED) is 0.193. The maximum atomic E-state index is 10.6. The number of ether oxygens (including phenoxy) is 1. The number of nitrogens with one attached hydrogen (secondary N) is 2. The minimum absolute atomic E-state index is 0.0132. The number of aliphatic hydroxyl groups is 2. The van der Waals surface area contributed by atoms with E-state index in [1.807, 2.05) is 32.0 Å². The summed E-state index contributed by atoms with van der Waals surface area (Å²) < 4.78 is 5.81. The molecule has 218 valence electrons. The van der Waals surface area contributed by atoms with Gasteiger partial charge in [-0.3, -0.25) is 0 Å². The van der Waals surface area contributed by atoms with E-state index in [1.165, 1.54) is 0 Å². The van der Waals surface area contributed by atoms with Crippen LogP contribution in [0.2, 0.25) is 5.02 Å². The van der Waals surface area contributed by atoms with Gasteiger partial charge in [0.25, 0.3) is 0 Å². The molecule has 1 atom stereocenters. The molecular weight excluding hydrogens is 544 g/mol. The number of halogens is 1. The SMILES string of the molecule is CCN(C)c1ncc2c(n1)CN(c1nc(-c3cc(OC[C@H](O)CNC)ccc3Cl)nc(/C(C(C)=N)=C(\C)O)c1C)C2. The van der Waals surface area contributed by atoms with E-state index in [4.69, 9.17) is 36.7 Å². The number of likely N-dealkylation sites (N-methyl/N-ethyl adjacent to an activating group) is 1. The van der Waals surface area contributed by atoms with Gasteiger partial charge < -0.3 is 35.5 Å². The lowest BCUT2D eigenvalue weighted by Gasteiger charge is -2.22. The summed E-state index contributed by atoms with van der Waals surface area (Å²) in [6.45, 7) is 9.42. The van der Waals surface area contributed by atoms with Crippen LogP contribution < -0.4 is 19.9 Å². The minimum Gasteiger partial charge on any atom is -0.512 e. The Bertz CT molecular complexity index is 1470. The first-order valence-corrected chi connectivity index (χ1v) is 13.8. The fraction of sp³-hybridized carbons (Fsp3) is 0.414. The molecule has 2 aromatic heterocycles. The highest BCUT2D eigenvalue weighted by atomic mass is 35.5. The Morgan fingerprint density at radius 1 is 1.24 bits per heavy atom. The fourth-order valence-electron chi connectivity index (χ4n) is 4.67. The van der Waals surface area contributed by atoms with Crippen LogP contribution in [0, 0.1) is 12.3 Å². The van der Waals surface area contributed by atoms with E-state index in [-0.39, 0.29) is 18.1 Å². The van der Waals surface area contributed by atoms with Gasteiger partial charge in [0.05, 0.1) is 28.5 Å². The van der Waals surface area contributed by atoms with Crippen LogP contribution in [0.5, 0.6) is 5.75 Å². The van der Waals surface area contributed by atoms with Crippen molar-refractivity contribution in [3.8, 4) is 17.1 Å². The van der Waals surface area contributed by atoms with Crippen molar-refractivity contribution in [1.29, 1.82) is 5.41 Å². The van der Waals surface area contributed by atoms with Gasteiger partial charge >= 0.3 is 0 Å². The fourth-order valence-corrected chi connectivity index (χ4v) is 4.87. The second-order valence-electron chi connectivity index (χ2n) is 10.1. The topological polar surface area (TPSA) is 144 Å². The van der Waals surface area contributed by atoms with E-state index in [0.717, 1.165) is 17.8 Å². The van der Waals surface area contributed by atoms with E-state index in [0.29, 0.717) is 70.4 Å². The predicted molar refractivity (Wildman–Crippen MR) is 162 cm³/mol. The number of allylic oxidation sites excluding steroid dienone is 2. The Morgan fingerprint density at radius 2 is 2.00 bits per heavy atom. The summed E-state index contributed by atoms with van der Waals surface area (Å²) in [6, 6.07) is 5.15. The van der Waals surface area contributed by atoms with Gasteiger partial charge in [-0.1, -0.05) is 11.6 Å².